The Bertz CT molecular complexity index is 1530. The summed E-state index contributed by atoms with van der Waals surface area (Å²) in [5, 5.41) is 7.27. The first kappa shape index (κ1) is 25.4. The summed E-state index contributed by atoms with van der Waals surface area (Å²) in [4.78, 5) is -1.37. The molecule has 2 aromatic carbocycles. The number of alkyl halides is 6. The summed E-state index contributed by atoms with van der Waals surface area (Å²) in [5.41, 5.74) is -2.32. The van der Waals surface area contributed by atoms with Gasteiger partial charge in [-0.15, -0.1) is 0 Å². The van der Waals surface area contributed by atoms with Crippen LogP contribution in [-0.2, 0) is 32.4 Å². The van der Waals surface area contributed by atoms with E-state index >= 15 is 0 Å². The zero-order valence-corrected chi connectivity index (χ0v) is 19.1. The molecule has 0 aliphatic heterocycles. The average molecular weight is 550 g/mol. The molecule has 16 heteroatoms. The minimum Gasteiger partial charge on any atom is -0.199 e. The maximum Gasteiger partial charge on any atom is 0.416 e. The fraction of sp³-hybridized carbons (Fsp3) is 0.100. The molecule has 0 saturated heterocycles. The van der Waals surface area contributed by atoms with Gasteiger partial charge in [0.2, 0.25) is 0 Å². The van der Waals surface area contributed by atoms with Crippen LogP contribution in [0.4, 0.5) is 26.3 Å². The minimum atomic E-state index is -4.78. The molecule has 0 N–H and O–H groups in total. The van der Waals surface area contributed by atoms with Crippen LogP contribution in [0.2, 0.25) is 0 Å². The van der Waals surface area contributed by atoms with Crippen LogP contribution < -0.4 is 0 Å². The normalized spacial score (nSPS) is 13.2. The standard InChI is InChI=1S/C20H12F6N4O4S2/c21-19(22,23)15-3-1-5-17(7-15)35(31,32)29-11-13(9-27-29)14-10-28-30(12-14)36(33,34)18-6-2-4-16(8-18)20(24,25)26/h1-12H. The van der Waals surface area contributed by atoms with Crippen molar-refractivity contribution in [3.8, 4) is 11.1 Å². The zero-order valence-electron chi connectivity index (χ0n) is 17.4. The number of hydrogen-bond donors (Lipinski definition) is 0. The third-order valence-corrected chi connectivity index (χ3v) is 7.95. The maximum atomic E-state index is 13.0. The molecule has 36 heavy (non-hydrogen) atoms. The first-order valence-electron chi connectivity index (χ1n) is 9.55. The Morgan fingerprint density at radius 2 is 0.972 bits per heavy atom. The molecule has 0 aliphatic rings. The Balaban J connectivity index is 1.66. The molecular formula is C20H12F6N4O4S2. The fourth-order valence-electron chi connectivity index (χ4n) is 3.05. The lowest BCUT2D eigenvalue weighted by molar-refractivity contribution is -0.138. The van der Waals surface area contributed by atoms with Crippen LogP contribution >= 0.6 is 0 Å². The van der Waals surface area contributed by atoms with Crippen molar-refractivity contribution >= 4 is 20.0 Å². The number of nitrogens with zero attached hydrogens (tertiary/aromatic N) is 4. The molecule has 0 bridgehead atoms. The van der Waals surface area contributed by atoms with Gasteiger partial charge in [0.1, 0.15) is 0 Å². The van der Waals surface area contributed by atoms with E-state index < -0.39 is 53.3 Å². The summed E-state index contributed by atoms with van der Waals surface area (Å²) >= 11 is 0. The van der Waals surface area contributed by atoms with Crippen molar-refractivity contribution in [2.75, 3.05) is 0 Å². The Morgan fingerprint density at radius 3 is 1.31 bits per heavy atom. The van der Waals surface area contributed by atoms with Gasteiger partial charge in [0.25, 0.3) is 20.0 Å². The van der Waals surface area contributed by atoms with Crippen LogP contribution in [0.25, 0.3) is 11.1 Å². The highest BCUT2D eigenvalue weighted by molar-refractivity contribution is 7.90. The minimum absolute atomic E-state index is 0.0241. The molecule has 8 nitrogen and oxygen atoms in total. The first-order chi connectivity index (χ1) is 16.6. The molecule has 0 radical (unpaired) electrons. The molecule has 0 amide bonds. The van der Waals surface area contributed by atoms with Gasteiger partial charge in [-0.3, -0.25) is 0 Å². The van der Waals surface area contributed by atoms with Crippen molar-refractivity contribution < 1.29 is 43.2 Å². The number of halogens is 6. The van der Waals surface area contributed by atoms with Crippen LogP contribution in [-0.4, -0.2) is 35.2 Å². The third kappa shape index (κ3) is 4.73. The molecule has 190 valence electrons. The van der Waals surface area contributed by atoms with Gasteiger partial charge in [-0.25, -0.2) is 0 Å². The van der Waals surface area contributed by atoms with Crippen LogP contribution in [0.15, 0.2) is 83.1 Å². The lowest BCUT2D eigenvalue weighted by Crippen LogP contribution is -2.15. The lowest BCUT2D eigenvalue weighted by Gasteiger charge is -2.09. The monoisotopic (exact) mass is 550 g/mol. The smallest absolute Gasteiger partial charge is 0.199 e. The summed E-state index contributed by atoms with van der Waals surface area (Å²) in [7, 11) is -9.08. The molecule has 2 heterocycles. The highest BCUT2D eigenvalue weighted by atomic mass is 32.2. The predicted octanol–water partition coefficient (Wildman–Crippen LogP) is 4.26. The van der Waals surface area contributed by atoms with Gasteiger partial charge < -0.3 is 0 Å². The fourth-order valence-corrected chi connectivity index (χ4v) is 5.38. The van der Waals surface area contributed by atoms with Crippen molar-refractivity contribution in [3.63, 3.8) is 0 Å². The van der Waals surface area contributed by atoms with Crippen molar-refractivity contribution in [1.82, 2.24) is 18.4 Å². The number of hydrogen-bond acceptors (Lipinski definition) is 6. The van der Waals surface area contributed by atoms with Gasteiger partial charge in [-0.05, 0) is 36.4 Å². The molecular weight excluding hydrogens is 538 g/mol. The van der Waals surface area contributed by atoms with Crippen molar-refractivity contribution in [2.45, 2.75) is 22.1 Å². The van der Waals surface area contributed by atoms with E-state index in [-0.39, 0.29) is 11.1 Å². The van der Waals surface area contributed by atoms with Gasteiger partial charge >= 0.3 is 12.4 Å². The van der Waals surface area contributed by atoms with E-state index in [9.17, 15) is 43.2 Å². The van der Waals surface area contributed by atoms with Gasteiger partial charge in [-0.1, -0.05) is 12.1 Å². The van der Waals surface area contributed by atoms with Gasteiger partial charge in [0, 0.05) is 11.1 Å². The first-order valence-corrected chi connectivity index (χ1v) is 12.4. The Labute approximate surface area is 199 Å². The molecule has 4 rings (SSSR count). The van der Waals surface area contributed by atoms with Crippen molar-refractivity contribution in [3.05, 3.63) is 84.4 Å². The number of rotatable bonds is 5. The second-order valence-corrected chi connectivity index (χ2v) is 10.9. The summed E-state index contributed by atoms with van der Waals surface area (Å²) in [6, 6.07) is 6.02. The summed E-state index contributed by atoms with van der Waals surface area (Å²) in [5.74, 6) is 0. The topological polar surface area (TPSA) is 104 Å². The second-order valence-electron chi connectivity index (χ2n) is 7.26. The Morgan fingerprint density at radius 1 is 0.611 bits per heavy atom. The van der Waals surface area contributed by atoms with E-state index in [1.807, 2.05) is 0 Å². The van der Waals surface area contributed by atoms with E-state index in [2.05, 4.69) is 10.2 Å². The largest absolute Gasteiger partial charge is 0.416 e. The number of aromatic nitrogens is 4. The van der Waals surface area contributed by atoms with Crippen LogP contribution in [0.1, 0.15) is 11.1 Å². The van der Waals surface area contributed by atoms with E-state index in [1.165, 1.54) is 0 Å². The van der Waals surface area contributed by atoms with E-state index in [0.29, 0.717) is 32.4 Å². The van der Waals surface area contributed by atoms with Gasteiger partial charge in [-0.2, -0.15) is 61.5 Å². The molecule has 0 saturated carbocycles. The second kappa shape index (κ2) is 8.48. The van der Waals surface area contributed by atoms with Gasteiger partial charge in [0.15, 0.2) is 0 Å². The average Bonchev–Trinajstić information content (AvgIpc) is 3.49. The highest BCUT2D eigenvalue weighted by Crippen LogP contribution is 2.32. The summed E-state index contributed by atoms with van der Waals surface area (Å²) in [6.45, 7) is 0. The third-order valence-electron chi connectivity index (χ3n) is 4.86. The molecule has 0 fully saturated rings. The van der Waals surface area contributed by atoms with E-state index in [4.69, 9.17) is 0 Å². The molecule has 0 unspecified atom stereocenters. The Hall–Kier alpha value is -3.66. The van der Waals surface area contributed by atoms with E-state index in [0.717, 1.165) is 49.1 Å². The van der Waals surface area contributed by atoms with Crippen LogP contribution in [0.5, 0.6) is 0 Å². The van der Waals surface area contributed by atoms with Crippen LogP contribution in [0, 0.1) is 0 Å². The zero-order chi connectivity index (χ0) is 26.5. The molecule has 2 aromatic heterocycles. The summed E-state index contributed by atoms with van der Waals surface area (Å²) in [6.07, 6.45) is -5.70. The predicted molar refractivity (Wildman–Crippen MR) is 112 cm³/mol. The highest BCUT2D eigenvalue weighted by Gasteiger charge is 2.33. The molecule has 0 spiro atoms. The lowest BCUT2D eigenvalue weighted by atomic mass is 10.2. The maximum absolute atomic E-state index is 13.0. The summed E-state index contributed by atoms with van der Waals surface area (Å²) < 4.78 is 130. The van der Waals surface area contributed by atoms with Gasteiger partial charge in [0.05, 0.1) is 45.7 Å². The Kier molecular flexibility index (Phi) is 5.99. The van der Waals surface area contributed by atoms with Crippen molar-refractivity contribution in [1.29, 1.82) is 0 Å². The molecule has 0 atom stereocenters. The van der Waals surface area contributed by atoms with Crippen LogP contribution in [0.3, 0.4) is 0 Å². The molecule has 0 aliphatic carbocycles. The van der Waals surface area contributed by atoms with Crippen molar-refractivity contribution in [2.24, 2.45) is 0 Å². The SMILES string of the molecule is O=S(=O)(c1cccc(C(F)(F)F)c1)n1cc(-c2cnn(S(=O)(=O)c3cccc(C(F)(F)F)c3)c2)cn1. The quantitative estimate of drug-likeness (QED) is 0.344. The molecule has 4 aromatic rings. The van der Waals surface area contributed by atoms with E-state index in [1.54, 1.807) is 0 Å². The number of benzene rings is 2.